The van der Waals surface area contributed by atoms with Gasteiger partial charge in [-0.1, -0.05) is 18.2 Å². The van der Waals surface area contributed by atoms with Crippen LogP contribution in [0.1, 0.15) is 35.6 Å². The van der Waals surface area contributed by atoms with Gasteiger partial charge in [0.05, 0.1) is 13.0 Å². The molecular weight excluding hydrogens is 366 g/mol. The molecule has 0 bridgehead atoms. The lowest BCUT2D eigenvalue weighted by molar-refractivity contribution is -0.132. The minimum Gasteiger partial charge on any atom is -0.497 e. The number of nitrogens with one attached hydrogen (secondary N) is 2. The molecule has 29 heavy (non-hydrogen) atoms. The summed E-state index contributed by atoms with van der Waals surface area (Å²) in [4.78, 5) is 30.6. The summed E-state index contributed by atoms with van der Waals surface area (Å²) in [5.41, 5.74) is 5.30. The van der Waals surface area contributed by atoms with Gasteiger partial charge in [0.15, 0.2) is 0 Å². The fourth-order valence-corrected chi connectivity index (χ4v) is 4.52. The molecule has 0 fully saturated rings. The molecule has 2 aromatic carbocycles. The van der Waals surface area contributed by atoms with Gasteiger partial charge in [-0.25, -0.2) is 0 Å². The minimum atomic E-state index is -0.243. The second-order valence-electron chi connectivity index (χ2n) is 7.73. The summed E-state index contributed by atoms with van der Waals surface area (Å²) in [6.07, 6.45) is 1.71. The predicted octanol–water partition coefficient (Wildman–Crippen LogP) is 3.58. The number of rotatable bonds is 4. The number of amides is 2. The van der Waals surface area contributed by atoms with Crippen molar-refractivity contribution >= 4 is 28.4 Å². The van der Waals surface area contributed by atoms with Crippen LogP contribution >= 0.6 is 0 Å². The molecule has 0 radical (unpaired) electrons. The molecule has 0 saturated carbocycles. The number of para-hydroxylation sites is 1. The summed E-state index contributed by atoms with van der Waals surface area (Å²) in [7, 11) is 1.66. The third-order valence-corrected chi connectivity index (χ3v) is 6.09. The highest BCUT2D eigenvalue weighted by Gasteiger charge is 2.31. The molecular formula is C23H23N3O3. The van der Waals surface area contributed by atoms with E-state index in [-0.39, 0.29) is 17.7 Å². The Kier molecular flexibility index (Phi) is 4.27. The van der Waals surface area contributed by atoms with E-state index >= 15 is 0 Å². The van der Waals surface area contributed by atoms with Crippen molar-refractivity contribution in [2.45, 2.75) is 31.7 Å². The van der Waals surface area contributed by atoms with Gasteiger partial charge in [-0.2, -0.15) is 0 Å². The van der Waals surface area contributed by atoms with Crippen molar-refractivity contribution in [2.75, 3.05) is 19.0 Å². The van der Waals surface area contributed by atoms with Crippen molar-refractivity contribution in [3.05, 3.63) is 59.3 Å². The highest BCUT2D eigenvalue weighted by molar-refractivity contribution is 6.03. The Morgan fingerprint density at radius 1 is 1.24 bits per heavy atom. The first kappa shape index (κ1) is 17.8. The number of H-pyrrole nitrogens is 1. The first-order valence-corrected chi connectivity index (χ1v) is 9.99. The molecule has 0 unspecified atom stereocenters. The van der Waals surface area contributed by atoms with Crippen molar-refractivity contribution in [1.82, 2.24) is 9.88 Å². The zero-order chi connectivity index (χ0) is 20.0. The fraction of sp³-hybridized carbons (Fsp3) is 0.304. The van der Waals surface area contributed by atoms with Crippen LogP contribution < -0.4 is 10.1 Å². The molecule has 3 aromatic rings. The number of hydrogen-bond donors (Lipinski definition) is 2. The lowest BCUT2D eigenvalue weighted by Crippen LogP contribution is -2.36. The van der Waals surface area contributed by atoms with Gasteiger partial charge in [0, 0.05) is 53.8 Å². The summed E-state index contributed by atoms with van der Waals surface area (Å²) >= 11 is 0. The first-order valence-electron chi connectivity index (χ1n) is 9.99. The van der Waals surface area contributed by atoms with Crippen molar-refractivity contribution in [1.29, 1.82) is 0 Å². The number of carbonyl (C=O) groups is 2. The molecule has 2 aliphatic rings. The van der Waals surface area contributed by atoms with Gasteiger partial charge in [-0.15, -0.1) is 0 Å². The van der Waals surface area contributed by atoms with Gasteiger partial charge >= 0.3 is 0 Å². The van der Waals surface area contributed by atoms with E-state index in [1.54, 1.807) is 7.11 Å². The minimum absolute atomic E-state index is 0.0105. The third kappa shape index (κ3) is 3.05. The molecule has 6 heteroatoms. The summed E-state index contributed by atoms with van der Waals surface area (Å²) in [6.45, 7) is 1.29. The molecule has 1 atom stereocenters. The van der Waals surface area contributed by atoms with E-state index in [4.69, 9.17) is 4.74 Å². The number of aromatic amines is 1. The molecule has 2 amide bonds. The van der Waals surface area contributed by atoms with E-state index in [1.165, 1.54) is 11.3 Å². The Bertz CT molecular complexity index is 1120. The van der Waals surface area contributed by atoms with Crippen LogP contribution in [0.25, 0.3) is 10.9 Å². The van der Waals surface area contributed by atoms with Crippen molar-refractivity contribution in [3.8, 4) is 5.75 Å². The number of anilines is 1. The van der Waals surface area contributed by atoms with E-state index < -0.39 is 0 Å². The lowest BCUT2D eigenvalue weighted by Gasteiger charge is -2.27. The van der Waals surface area contributed by atoms with Crippen LogP contribution in [0.15, 0.2) is 42.5 Å². The van der Waals surface area contributed by atoms with Crippen LogP contribution in [-0.2, 0) is 22.6 Å². The highest BCUT2D eigenvalue weighted by Crippen LogP contribution is 2.36. The number of hydrogen-bond acceptors (Lipinski definition) is 3. The average molecular weight is 389 g/mol. The number of carbonyl (C=O) groups excluding carboxylic acids is 2. The zero-order valence-electron chi connectivity index (χ0n) is 16.3. The standard InChI is InChI=1S/C23H23N3O3/c1-29-14-6-8-20-17(12-14)18-13-26(11-10-21(18)24-20)22(27)9-7-16-15-4-2-3-5-19(15)25-23(16)28/h2-6,8,12,16,24H,7,9-11,13H2,1H3,(H,25,28)/t16-/m0/s1. The molecule has 2 aliphatic heterocycles. The largest absolute Gasteiger partial charge is 0.497 e. The van der Waals surface area contributed by atoms with Crippen LogP contribution in [0.3, 0.4) is 0 Å². The Hall–Kier alpha value is -3.28. The Labute approximate surface area is 168 Å². The fourth-order valence-electron chi connectivity index (χ4n) is 4.52. The number of fused-ring (bicyclic) bond motifs is 4. The Morgan fingerprint density at radius 2 is 2.10 bits per heavy atom. The monoisotopic (exact) mass is 389 g/mol. The maximum atomic E-state index is 12.9. The van der Waals surface area contributed by atoms with Gasteiger partial charge in [0.2, 0.25) is 11.8 Å². The molecule has 0 spiro atoms. The molecule has 2 N–H and O–H groups in total. The van der Waals surface area contributed by atoms with E-state index in [0.717, 1.165) is 34.3 Å². The quantitative estimate of drug-likeness (QED) is 0.716. The maximum absolute atomic E-state index is 12.9. The molecule has 0 aliphatic carbocycles. The molecule has 148 valence electrons. The normalized spacial score (nSPS) is 17.8. The predicted molar refractivity (Wildman–Crippen MR) is 111 cm³/mol. The maximum Gasteiger partial charge on any atom is 0.232 e. The topological polar surface area (TPSA) is 74.4 Å². The second kappa shape index (κ2) is 6.95. The second-order valence-corrected chi connectivity index (χ2v) is 7.73. The van der Waals surface area contributed by atoms with Crippen LogP contribution in [0, 0.1) is 0 Å². The van der Waals surface area contributed by atoms with Crippen molar-refractivity contribution in [3.63, 3.8) is 0 Å². The van der Waals surface area contributed by atoms with Crippen LogP contribution in [0.4, 0.5) is 5.69 Å². The third-order valence-electron chi connectivity index (χ3n) is 6.09. The Balaban J connectivity index is 1.30. The molecule has 5 rings (SSSR count). The van der Waals surface area contributed by atoms with Crippen LogP contribution in [0.5, 0.6) is 5.75 Å². The summed E-state index contributed by atoms with van der Waals surface area (Å²) in [6, 6.07) is 13.7. The van der Waals surface area contributed by atoms with Crippen LogP contribution in [-0.4, -0.2) is 35.4 Å². The number of benzene rings is 2. The average Bonchev–Trinajstić information content (AvgIpc) is 3.27. The van der Waals surface area contributed by atoms with E-state index in [2.05, 4.69) is 10.3 Å². The number of methoxy groups -OCH3 is 1. The Morgan fingerprint density at radius 3 is 2.97 bits per heavy atom. The number of ether oxygens (including phenoxy) is 1. The van der Waals surface area contributed by atoms with E-state index in [9.17, 15) is 9.59 Å². The molecule has 1 aromatic heterocycles. The summed E-state index contributed by atoms with van der Waals surface area (Å²) in [5.74, 6) is 0.662. The number of aromatic nitrogens is 1. The highest BCUT2D eigenvalue weighted by atomic mass is 16.5. The molecule has 3 heterocycles. The SMILES string of the molecule is COc1ccc2[nH]c3c(c2c1)CN(C(=O)CC[C@@H]1C(=O)Nc2ccccc21)CC3. The smallest absolute Gasteiger partial charge is 0.232 e. The van der Waals surface area contributed by atoms with Gasteiger partial charge in [-0.05, 0) is 36.2 Å². The lowest BCUT2D eigenvalue weighted by atomic mass is 9.95. The first-order chi connectivity index (χ1) is 14.1. The van der Waals surface area contributed by atoms with E-state index in [0.29, 0.717) is 25.9 Å². The van der Waals surface area contributed by atoms with Gasteiger partial charge < -0.3 is 19.9 Å². The zero-order valence-corrected chi connectivity index (χ0v) is 16.3. The van der Waals surface area contributed by atoms with Gasteiger partial charge in [0.25, 0.3) is 0 Å². The number of nitrogens with zero attached hydrogens (tertiary/aromatic N) is 1. The van der Waals surface area contributed by atoms with Gasteiger partial charge in [-0.3, -0.25) is 9.59 Å². The van der Waals surface area contributed by atoms with Crippen molar-refractivity contribution in [2.24, 2.45) is 0 Å². The molecule has 6 nitrogen and oxygen atoms in total. The van der Waals surface area contributed by atoms with E-state index in [1.807, 2.05) is 47.4 Å². The molecule has 0 saturated heterocycles. The summed E-state index contributed by atoms with van der Waals surface area (Å²) < 4.78 is 5.36. The van der Waals surface area contributed by atoms with Gasteiger partial charge in [0.1, 0.15) is 5.75 Å². The van der Waals surface area contributed by atoms with Crippen LogP contribution in [0.2, 0.25) is 0 Å². The summed E-state index contributed by atoms with van der Waals surface area (Å²) in [5, 5.41) is 4.02. The van der Waals surface area contributed by atoms with Crippen molar-refractivity contribution < 1.29 is 14.3 Å².